The summed E-state index contributed by atoms with van der Waals surface area (Å²) in [6.07, 6.45) is 6.30. The van der Waals surface area contributed by atoms with Gasteiger partial charge in [-0.3, -0.25) is 14.2 Å². The number of hydrogen-bond donors (Lipinski definition) is 1. The number of aromatic nitrogens is 2. The molecule has 0 aliphatic heterocycles. The maximum Gasteiger partial charge on any atom is 0.263 e. The number of fused-ring (bicyclic) bond motifs is 1. The molecule has 3 aromatic heterocycles. The van der Waals surface area contributed by atoms with Crippen LogP contribution in [0.1, 0.15) is 39.0 Å². The second kappa shape index (κ2) is 9.45. The Kier molecular flexibility index (Phi) is 6.72. The minimum absolute atomic E-state index is 0.0167. The van der Waals surface area contributed by atoms with Gasteiger partial charge in [-0.2, -0.15) is 0 Å². The van der Waals surface area contributed by atoms with E-state index in [1.165, 1.54) is 55.2 Å². The van der Waals surface area contributed by atoms with Crippen molar-refractivity contribution in [3.05, 3.63) is 33.2 Å². The number of nitrogens with one attached hydrogen (secondary N) is 1. The van der Waals surface area contributed by atoms with Crippen molar-refractivity contribution in [1.29, 1.82) is 0 Å². The Morgan fingerprint density at radius 3 is 2.86 bits per heavy atom. The van der Waals surface area contributed by atoms with Crippen LogP contribution in [0.2, 0.25) is 0 Å². The fourth-order valence-electron chi connectivity index (χ4n) is 3.84. The van der Waals surface area contributed by atoms with E-state index in [0.717, 1.165) is 21.8 Å². The van der Waals surface area contributed by atoms with E-state index in [4.69, 9.17) is 4.98 Å². The summed E-state index contributed by atoms with van der Waals surface area (Å²) in [5, 5.41) is 8.40. The number of thiophene rings is 2. The van der Waals surface area contributed by atoms with E-state index in [2.05, 4.69) is 5.32 Å². The lowest BCUT2D eigenvalue weighted by atomic mass is 9.89. The first-order valence-electron chi connectivity index (χ1n) is 10.1. The zero-order valence-corrected chi connectivity index (χ0v) is 18.9. The van der Waals surface area contributed by atoms with Gasteiger partial charge in [-0.1, -0.05) is 37.1 Å². The Bertz CT molecular complexity index is 1030. The monoisotopic (exact) mass is 447 g/mol. The van der Waals surface area contributed by atoms with Gasteiger partial charge >= 0.3 is 0 Å². The molecule has 0 saturated heterocycles. The second-order valence-corrected chi connectivity index (χ2v) is 10.1. The third-order valence-corrected chi connectivity index (χ3v) is 8.16. The molecule has 29 heavy (non-hydrogen) atoms. The Labute approximate surface area is 182 Å². The van der Waals surface area contributed by atoms with Gasteiger partial charge in [-0.05, 0) is 37.1 Å². The highest BCUT2D eigenvalue weighted by molar-refractivity contribution is 7.99. The summed E-state index contributed by atoms with van der Waals surface area (Å²) in [5.74, 6) is 0.916. The topological polar surface area (TPSA) is 64.0 Å². The molecule has 3 heterocycles. The summed E-state index contributed by atoms with van der Waals surface area (Å²) in [4.78, 5) is 32.0. The summed E-state index contributed by atoms with van der Waals surface area (Å²) < 4.78 is 1.69. The molecule has 8 heteroatoms. The highest BCUT2D eigenvalue weighted by Crippen LogP contribution is 2.34. The SMILES string of the molecule is CCn1c(SCC(=O)NCC2CCCCC2)nc2scc(-c3cccs3)c2c1=O. The molecule has 0 atom stereocenters. The van der Waals surface area contributed by atoms with Gasteiger partial charge in [0, 0.05) is 28.9 Å². The molecule has 1 aliphatic rings. The first-order valence-corrected chi connectivity index (χ1v) is 12.9. The third-order valence-electron chi connectivity index (χ3n) is 5.41. The lowest BCUT2D eigenvalue weighted by Gasteiger charge is -2.21. The number of thioether (sulfide) groups is 1. The van der Waals surface area contributed by atoms with E-state index in [0.29, 0.717) is 23.0 Å². The largest absolute Gasteiger partial charge is 0.355 e. The van der Waals surface area contributed by atoms with E-state index in [9.17, 15) is 9.59 Å². The van der Waals surface area contributed by atoms with Crippen molar-refractivity contribution >= 4 is 50.6 Å². The number of amides is 1. The van der Waals surface area contributed by atoms with E-state index in [1.807, 2.05) is 29.8 Å². The molecular formula is C21H25N3O2S3. The zero-order chi connectivity index (χ0) is 20.2. The summed E-state index contributed by atoms with van der Waals surface area (Å²) in [7, 11) is 0. The average molecular weight is 448 g/mol. The van der Waals surface area contributed by atoms with E-state index in [-0.39, 0.29) is 17.2 Å². The molecule has 1 fully saturated rings. The molecule has 0 bridgehead atoms. The van der Waals surface area contributed by atoms with Crippen molar-refractivity contribution in [2.24, 2.45) is 5.92 Å². The summed E-state index contributed by atoms with van der Waals surface area (Å²) >= 11 is 4.47. The van der Waals surface area contributed by atoms with Gasteiger partial charge in [-0.15, -0.1) is 22.7 Å². The maximum atomic E-state index is 13.2. The molecular weight excluding hydrogens is 422 g/mol. The minimum Gasteiger partial charge on any atom is -0.355 e. The van der Waals surface area contributed by atoms with Crippen LogP contribution in [0, 0.1) is 5.92 Å². The van der Waals surface area contributed by atoms with Gasteiger partial charge in [0.05, 0.1) is 11.1 Å². The normalized spacial score (nSPS) is 15.1. The zero-order valence-electron chi connectivity index (χ0n) is 16.5. The Balaban J connectivity index is 1.49. The van der Waals surface area contributed by atoms with Gasteiger partial charge in [0.1, 0.15) is 4.83 Å². The molecule has 0 spiro atoms. The number of carbonyl (C=O) groups excluding carboxylic acids is 1. The average Bonchev–Trinajstić information content (AvgIpc) is 3.41. The van der Waals surface area contributed by atoms with Crippen LogP contribution in [-0.2, 0) is 11.3 Å². The van der Waals surface area contributed by atoms with E-state index >= 15 is 0 Å². The maximum absolute atomic E-state index is 13.2. The van der Waals surface area contributed by atoms with Crippen LogP contribution < -0.4 is 10.9 Å². The van der Waals surface area contributed by atoms with Gasteiger partial charge in [0.25, 0.3) is 5.56 Å². The number of nitrogens with zero attached hydrogens (tertiary/aromatic N) is 2. The Hall–Kier alpha value is -1.64. The summed E-state index contributed by atoms with van der Waals surface area (Å²) in [5.41, 5.74) is 0.939. The van der Waals surface area contributed by atoms with Crippen molar-refractivity contribution in [3.8, 4) is 10.4 Å². The van der Waals surface area contributed by atoms with Crippen LogP contribution in [-0.4, -0.2) is 27.8 Å². The highest BCUT2D eigenvalue weighted by Gasteiger charge is 2.18. The van der Waals surface area contributed by atoms with Crippen LogP contribution in [0.15, 0.2) is 32.8 Å². The first-order chi connectivity index (χ1) is 14.2. The minimum atomic E-state index is -0.0211. The molecule has 0 unspecified atom stereocenters. The van der Waals surface area contributed by atoms with Crippen molar-refractivity contribution in [2.75, 3.05) is 12.3 Å². The van der Waals surface area contributed by atoms with Crippen molar-refractivity contribution in [1.82, 2.24) is 14.9 Å². The fourth-order valence-corrected chi connectivity index (χ4v) is 6.53. The smallest absolute Gasteiger partial charge is 0.263 e. The molecule has 1 aliphatic carbocycles. The standard InChI is InChI=1S/C21H25N3O2S3/c1-2-24-20(26)18-15(16-9-6-10-27-16)12-28-19(18)23-21(24)29-13-17(25)22-11-14-7-4-3-5-8-14/h6,9-10,12,14H,2-5,7-8,11,13H2,1H3,(H,22,25). The van der Waals surface area contributed by atoms with Crippen LogP contribution in [0.3, 0.4) is 0 Å². The van der Waals surface area contributed by atoms with Crippen LogP contribution in [0.5, 0.6) is 0 Å². The van der Waals surface area contributed by atoms with E-state index < -0.39 is 0 Å². The molecule has 1 N–H and O–H groups in total. The molecule has 1 saturated carbocycles. The van der Waals surface area contributed by atoms with E-state index in [1.54, 1.807) is 15.9 Å². The van der Waals surface area contributed by atoms with Gasteiger partial charge in [-0.25, -0.2) is 4.98 Å². The van der Waals surface area contributed by atoms with Gasteiger partial charge in [0.15, 0.2) is 5.16 Å². The third kappa shape index (κ3) is 4.59. The lowest BCUT2D eigenvalue weighted by Crippen LogP contribution is -2.31. The van der Waals surface area contributed by atoms with Crippen molar-refractivity contribution in [3.63, 3.8) is 0 Å². The van der Waals surface area contributed by atoms with Crippen molar-refractivity contribution in [2.45, 2.75) is 50.7 Å². The number of rotatable bonds is 7. The molecule has 0 radical (unpaired) electrons. The fraction of sp³-hybridized carbons (Fsp3) is 0.476. The predicted molar refractivity (Wildman–Crippen MR) is 123 cm³/mol. The van der Waals surface area contributed by atoms with Crippen LogP contribution in [0.25, 0.3) is 20.7 Å². The molecule has 3 aromatic rings. The highest BCUT2D eigenvalue weighted by atomic mass is 32.2. The van der Waals surface area contributed by atoms with Crippen molar-refractivity contribution < 1.29 is 4.79 Å². The molecule has 1 amide bonds. The Morgan fingerprint density at radius 1 is 1.31 bits per heavy atom. The lowest BCUT2D eigenvalue weighted by molar-refractivity contribution is -0.118. The Morgan fingerprint density at radius 2 is 2.14 bits per heavy atom. The first kappa shape index (κ1) is 20.6. The molecule has 4 rings (SSSR count). The summed E-state index contributed by atoms with van der Waals surface area (Å²) in [6, 6.07) is 4.02. The van der Waals surface area contributed by atoms with Gasteiger partial charge < -0.3 is 5.32 Å². The molecule has 154 valence electrons. The molecule has 0 aromatic carbocycles. The number of hydrogen-bond acceptors (Lipinski definition) is 6. The number of carbonyl (C=O) groups is 1. The second-order valence-electron chi connectivity index (χ2n) is 7.35. The van der Waals surface area contributed by atoms with Crippen LogP contribution >= 0.6 is 34.4 Å². The summed E-state index contributed by atoms with van der Waals surface area (Å²) in [6.45, 7) is 3.24. The van der Waals surface area contributed by atoms with Crippen LogP contribution in [0.4, 0.5) is 0 Å². The predicted octanol–water partition coefficient (Wildman–Crippen LogP) is 5.00. The van der Waals surface area contributed by atoms with Gasteiger partial charge in [0.2, 0.25) is 5.91 Å². The quantitative estimate of drug-likeness (QED) is 0.409. The molecule has 5 nitrogen and oxygen atoms in total.